The van der Waals surface area contributed by atoms with Gasteiger partial charge in [-0.2, -0.15) is 0 Å². The molecular weight excluding hydrogens is 369 g/mol. The van der Waals surface area contributed by atoms with Gasteiger partial charge in [0.1, 0.15) is 0 Å². The van der Waals surface area contributed by atoms with Crippen molar-refractivity contribution in [1.82, 2.24) is 4.98 Å². The zero-order valence-electron chi connectivity index (χ0n) is 17.9. The van der Waals surface area contributed by atoms with Gasteiger partial charge in [-0.3, -0.25) is 0 Å². The number of aromatic nitrogens is 1. The molecular formula is C26H26BNO2. The first kappa shape index (κ1) is 19.2. The summed E-state index contributed by atoms with van der Waals surface area (Å²) < 4.78 is 12.7. The molecule has 30 heavy (non-hydrogen) atoms. The van der Waals surface area contributed by atoms with Gasteiger partial charge >= 0.3 is 7.12 Å². The van der Waals surface area contributed by atoms with Gasteiger partial charge in [-0.1, -0.05) is 72.8 Å². The Morgan fingerprint density at radius 1 is 0.700 bits per heavy atom. The maximum atomic E-state index is 6.35. The topological polar surface area (TPSA) is 34.2 Å². The van der Waals surface area contributed by atoms with Gasteiger partial charge in [0.15, 0.2) is 0 Å². The third kappa shape index (κ3) is 3.17. The lowest BCUT2D eigenvalue weighted by Gasteiger charge is -2.32. The molecule has 0 unspecified atom stereocenters. The maximum Gasteiger partial charge on any atom is 0.494 e. The Morgan fingerprint density at radius 2 is 1.27 bits per heavy atom. The normalized spacial score (nSPS) is 17.5. The molecule has 0 atom stereocenters. The van der Waals surface area contributed by atoms with Gasteiger partial charge in [0, 0.05) is 16.6 Å². The number of hydrogen-bond acceptors (Lipinski definition) is 2. The van der Waals surface area contributed by atoms with E-state index in [0.29, 0.717) is 0 Å². The average molecular weight is 395 g/mol. The van der Waals surface area contributed by atoms with Gasteiger partial charge in [0.05, 0.1) is 16.7 Å². The number of fused-ring (bicyclic) bond motifs is 1. The molecule has 0 spiro atoms. The Hall–Kier alpha value is -2.82. The van der Waals surface area contributed by atoms with Crippen LogP contribution in [-0.2, 0) is 9.31 Å². The first-order chi connectivity index (χ1) is 14.3. The number of benzene rings is 3. The quantitative estimate of drug-likeness (QED) is 0.445. The van der Waals surface area contributed by atoms with Crippen LogP contribution < -0.4 is 5.46 Å². The minimum Gasteiger partial charge on any atom is -0.399 e. The van der Waals surface area contributed by atoms with Crippen molar-refractivity contribution in [2.24, 2.45) is 0 Å². The Morgan fingerprint density at radius 3 is 1.87 bits per heavy atom. The van der Waals surface area contributed by atoms with Crippen molar-refractivity contribution >= 4 is 23.5 Å². The Balaban J connectivity index is 1.68. The summed E-state index contributed by atoms with van der Waals surface area (Å²) in [6.07, 6.45) is 0. The van der Waals surface area contributed by atoms with Crippen LogP contribution >= 0.6 is 0 Å². The molecule has 0 aliphatic carbocycles. The van der Waals surface area contributed by atoms with Crippen molar-refractivity contribution in [3.63, 3.8) is 0 Å². The highest BCUT2D eigenvalue weighted by Gasteiger charge is 2.51. The van der Waals surface area contributed by atoms with Crippen LogP contribution in [0.1, 0.15) is 27.7 Å². The molecule has 5 rings (SSSR count). The molecule has 3 aromatic carbocycles. The van der Waals surface area contributed by atoms with Gasteiger partial charge in [-0.15, -0.1) is 0 Å². The molecule has 3 nitrogen and oxygen atoms in total. The molecule has 2 heterocycles. The van der Waals surface area contributed by atoms with Crippen LogP contribution in [0.5, 0.6) is 0 Å². The molecule has 0 amide bonds. The van der Waals surface area contributed by atoms with E-state index in [9.17, 15) is 0 Å². The SMILES string of the molecule is CC1(C)OB(c2cc(-c3ccccc3)c3[nH]c(-c4ccccc4)cc3c2)OC1(C)C. The van der Waals surface area contributed by atoms with Gasteiger partial charge in [0.2, 0.25) is 0 Å². The number of H-pyrrole nitrogens is 1. The van der Waals surface area contributed by atoms with Crippen LogP contribution in [0.25, 0.3) is 33.3 Å². The second kappa shape index (κ2) is 6.87. The van der Waals surface area contributed by atoms with E-state index in [2.05, 4.69) is 99.4 Å². The minimum atomic E-state index is -0.392. The summed E-state index contributed by atoms with van der Waals surface area (Å²) in [6, 6.07) is 27.5. The molecule has 1 aliphatic rings. The van der Waals surface area contributed by atoms with Gasteiger partial charge in [0.25, 0.3) is 0 Å². The van der Waals surface area contributed by atoms with E-state index >= 15 is 0 Å². The van der Waals surface area contributed by atoms with Crippen LogP contribution in [0.4, 0.5) is 0 Å². The van der Waals surface area contributed by atoms with Crippen molar-refractivity contribution < 1.29 is 9.31 Å². The molecule has 4 aromatic rings. The first-order valence-corrected chi connectivity index (χ1v) is 10.5. The molecule has 0 bridgehead atoms. The van der Waals surface area contributed by atoms with E-state index in [4.69, 9.17) is 9.31 Å². The smallest absolute Gasteiger partial charge is 0.399 e. The van der Waals surface area contributed by atoms with Crippen molar-refractivity contribution in [3.05, 3.63) is 78.9 Å². The van der Waals surface area contributed by atoms with Crippen LogP contribution in [-0.4, -0.2) is 23.3 Å². The predicted octanol–water partition coefficient (Wildman–Crippen LogP) is 5.80. The lowest BCUT2D eigenvalue weighted by atomic mass is 9.77. The van der Waals surface area contributed by atoms with Gasteiger partial charge in [-0.25, -0.2) is 0 Å². The Labute approximate surface area is 178 Å². The van der Waals surface area contributed by atoms with E-state index < -0.39 is 7.12 Å². The molecule has 0 saturated carbocycles. The highest BCUT2D eigenvalue weighted by atomic mass is 16.7. The Kier molecular flexibility index (Phi) is 4.39. The largest absolute Gasteiger partial charge is 0.494 e. The third-order valence-corrected chi connectivity index (χ3v) is 6.45. The van der Waals surface area contributed by atoms with Gasteiger partial charge < -0.3 is 14.3 Å². The fourth-order valence-electron chi connectivity index (χ4n) is 4.00. The first-order valence-electron chi connectivity index (χ1n) is 10.5. The summed E-state index contributed by atoms with van der Waals surface area (Å²) in [7, 11) is -0.392. The number of rotatable bonds is 3. The molecule has 1 N–H and O–H groups in total. The van der Waals surface area contributed by atoms with E-state index in [1.165, 1.54) is 11.1 Å². The highest BCUT2D eigenvalue weighted by Crippen LogP contribution is 2.38. The van der Waals surface area contributed by atoms with Crippen molar-refractivity contribution in [2.45, 2.75) is 38.9 Å². The van der Waals surface area contributed by atoms with E-state index in [-0.39, 0.29) is 11.2 Å². The van der Waals surface area contributed by atoms with Crippen LogP contribution in [0.3, 0.4) is 0 Å². The summed E-state index contributed by atoms with van der Waals surface area (Å²) in [6.45, 7) is 8.36. The Bertz CT molecular complexity index is 1180. The molecule has 1 fully saturated rings. The fraction of sp³-hybridized carbons (Fsp3) is 0.231. The fourth-order valence-corrected chi connectivity index (χ4v) is 4.00. The zero-order valence-corrected chi connectivity index (χ0v) is 17.9. The highest BCUT2D eigenvalue weighted by molar-refractivity contribution is 6.62. The predicted molar refractivity (Wildman–Crippen MR) is 125 cm³/mol. The molecule has 4 heteroatoms. The summed E-state index contributed by atoms with van der Waals surface area (Å²) in [5.74, 6) is 0. The summed E-state index contributed by atoms with van der Waals surface area (Å²) >= 11 is 0. The molecule has 1 aromatic heterocycles. The van der Waals surface area contributed by atoms with E-state index in [1.54, 1.807) is 0 Å². The number of nitrogens with one attached hydrogen (secondary N) is 1. The monoisotopic (exact) mass is 395 g/mol. The number of aromatic amines is 1. The lowest BCUT2D eigenvalue weighted by Crippen LogP contribution is -2.41. The molecule has 150 valence electrons. The van der Waals surface area contributed by atoms with Crippen molar-refractivity contribution in [3.8, 4) is 22.4 Å². The van der Waals surface area contributed by atoms with Crippen molar-refractivity contribution in [1.29, 1.82) is 0 Å². The standard InChI is InChI=1S/C26H26BNO2/c1-25(2)26(3,4)30-27(29-25)21-15-20-16-23(19-13-9-6-10-14-19)28-24(20)22(17-21)18-11-7-5-8-12-18/h5-17,28H,1-4H3. The zero-order chi connectivity index (χ0) is 20.9. The van der Waals surface area contributed by atoms with Crippen LogP contribution in [0.15, 0.2) is 78.9 Å². The van der Waals surface area contributed by atoms with E-state index in [1.807, 2.05) is 12.1 Å². The molecule has 1 aliphatic heterocycles. The van der Waals surface area contributed by atoms with Crippen LogP contribution in [0, 0.1) is 0 Å². The number of hydrogen-bond donors (Lipinski definition) is 1. The third-order valence-electron chi connectivity index (χ3n) is 6.45. The summed E-state index contributed by atoms with van der Waals surface area (Å²) in [4.78, 5) is 3.65. The second-order valence-corrected chi connectivity index (χ2v) is 9.04. The second-order valence-electron chi connectivity index (χ2n) is 9.04. The maximum absolute atomic E-state index is 6.35. The van der Waals surface area contributed by atoms with Gasteiger partial charge in [-0.05, 0) is 50.4 Å². The lowest BCUT2D eigenvalue weighted by molar-refractivity contribution is 0.00578. The minimum absolute atomic E-state index is 0.368. The van der Waals surface area contributed by atoms with Crippen LogP contribution in [0.2, 0.25) is 0 Å². The molecule has 0 radical (unpaired) electrons. The summed E-state index contributed by atoms with van der Waals surface area (Å²) in [5, 5.41) is 1.15. The summed E-state index contributed by atoms with van der Waals surface area (Å²) in [5.41, 5.74) is 6.03. The van der Waals surface area contributed by atoms with E-state index in [0.717, 1.165) is 27.6 Å². The van der Waals surface area contributed by atoms with Crippen molar-refractivity contribution in [2.75, 3.05) is 0 Å². The average Bonchev–Trinajstić information content (AvgIpc) is 3.26. The molecule has 1 saturated heterocycles.